The van der Waals surface area contributed by atoms with Gasteiger partial charge in [-0.1, -0.05) is 191 Å². The van der Waals surface area contributed by atoms with Crippen LogP contribution in [0, 0.1) is 0 Å². The molecule has 0 spiro atoms. The van der Waals surface area contributed by atoms with Crippen molar-refractivity contribution in [2.75, 3.05) is 39.4 Å². The molecule has 2 atom stereocenters. The van der Waals surface area contributed by atoms with Gasteiger partial charge < -0.3 is 35.3 Å². The Morgan fingerprint density at radius 3 is 1.39 bits per heavy atom. The molecule has 0 saturated carbocycles. The van der Waals surface area contributed by atoms with Gasteiger partial charge >= 0.3 is 0 Å². The Hall–Kier alpha value is -3.66. The number of carbonyl (C=O) groups excluding carboxylic acids is 4. The van der Waals surface area contributed by atoms with Crippen molar-refractivity contribution in [3.05, 3.63) is 29.1 Å². The standard InChI is InChI=1S/C54H92N8O6S/c1-4-6-8-10-12-14-16-18-20-22-24-26-28-36-47(63)55-38-32-40-57-49(65)51-62-52(68-44-54(62,43-67-51)42-59-60-53-61(3)45-34-30-31-35-46(45)69-53)50(66)58-41-33-39-56-48(64)37-29-27-25-23-21-19-17-15-13-11-9-7-5-2/h30-31,34-35,42,51-52H,4-29,32-33,36-41,43-44H2,1-3H3,(H,55,63)(H,56,64)(H,57,65)(H,58,66)/b59-42+,60-53-. The van der Waals surface area contributed by atoms with Crippen LogP contribution in [-0.4, -0.2) is 96.7 Å². The second kappa shape index (κ2) is 35.4. The number of ether oxygens (including phenoxy) is 2. The van der Waals surface area contributed by atoms with Gasteiger partial charge in [0, 0.05) is 46.1 Å². The number of carbonyl (C=O) groups is 4. The number of aromatic nitrogens is 1. The average molecular weight is 981 g/mol. The summed E-state index contributed by atoms with van der Waals surface area (Å²) >= 11 is 1.52. The third kappa shape index (κ3) is 22.1. The van der Waals surface area contributed by atoms with E-state index in [0.717, 1.165) is 35.9 Å². The lowest BCUT2D eigenvalue weighted by Crippen LogP contribution is -2.58. The molecule has 2 saturated heterocycles. The number of amides is 4. The summed E-state index contributed by atoms with van der Waals surface area (Å²) in [6.07, 6.45) is 34.5. The highest BCUT2D eigenvalue weighted by Crippen LogP contribution is 2.36. The molecule has 4 amide bonds. The Morgan fingerprint density at radius 2 is 0.971 bits per heavy atom. The van der Waals surface area contributed by atoms with Gasteiger partial charge in [0.15, 0.2) is 12.5 Å². The molecule has 69 heavy (non-hydrogen) atoms. The van der Waals surface area contributed by atoms with Crippen molar-refractivity contribution >= 4 is 51.4 Å². The minimum Gasteiger partial charge on any atom is -0.356 e. The summed E-state index contributed by atoms with van der Waals surface area (Å²) in [5, 5.41) is 20.9. The van der Waals surface area contributed by atoms with Crippen LogP contribution in [0.1, 0.15) is 206 Å². The zero-order valence-corrected chi connectivity index (χ0v) is 44.0. The van der Waals surface area contributed by atoms with Crippen LogP contribution in [0.3, 0.4) is 0 Å². The second-order valence-electron chi connectivity index (χ2n) is 19.6. The Labute approximate surface area is 419 Å². The number of para-hydroxylation sites is 1. The third-order valence-electron chi connectivity index (χ3n) is 13.6. The predicted octanol–water partition coefficient (Wildman–Crippen LogP) is 10.1. The minimum absolute atomic E-state index is 0.0396. The van der Waals surface area contributed by atoms with Crippen LogP contribution in [-0.2, 0) is 35.7 Å². The SMILES string of the molecule is CCCCCCCCCCCCCCCC(=O)NCCCNC(=O)C1OCC2(/C=N/N=c3\sc4ccccc4n3C)COC(C(=O)NCCCNC(=O)CCCCCCCCCCCCCCC)N12. The van der Waals surface area contributed by atoms with E-state index in [0.29, 0.717) is 56.7 Å². The normalized spacial score (nSPS) is 18.3. The van der Waals surface area contributed by atoms with E-state index in [1.807, 2.05) is 35.9 Å². The van der Waals surface area contributed by atoms with E-state index < -0.39 is 29.8 Å². The topological polar surface area (TPSA) is 168 Å². The highest BCUT2D eigenvalue weighted by molar-refractivity contribution is 7.16. The van der Waals surface area contributed by atoms with Crippen molar-refractivity contribution < 1.29 is 28.7 Å². The summed E-state index contributed by atoms with van der Waals surface area (Å²) in [4.78, 5) is 54.7. The number of hydrogen-bond donors (Lipinski definition) is 4. The fourth-order valence-electron chi connectivity index (χ4n) is 9.31. The Morgan fingerprint density at radius 1 is 0.580 bits per heavy atom. The Bertz CT molecular complexity index is 1770. The Kier molecular flexibility index (Phi) is 29.7. The molecule has 2 aliphatic heterocycles. The first-order chi connectivity index (χ1) is 33.8. The number of hydrogen-bond acceptors (Lipinski definition) is 10. The van der Waals surface area contributed by atoms with E-state index >= 15 is 0 Å². The van der Waals surface area contributed by atoms with Crippen LogP contribution in [0.4, 0.5) is 0 Å². The van der Waals surface area contributed by atoms with Gasteiger partial charge in [0.25, 0.3) is 11.8 Å². The van der Waals surface area contributed by atoms with Crippen molar-refractivity contribution in [1.82, 2.24) is 30.7 Å². The Balaban J connectivity index is 1.15. The number of benzene rings is 1. The maximum absolute atomic E-state index is 13.7. The summed E-state index contributed by atoms with van der Waals surface area (Å²) in [7, 11) is 1.94. The summed E-state index contributed by atoms with van der Waals surface area (Å²) < 4.78 is 15.3. The molecule has 0 radical (unpaired) electrons. The van der Waals surface area contributed by atoms with Gasteiger partial charge in [-0.3, -0.25) is 19.2 Å². The van der Waals surface area contributed by atoms with Crippen molar-refractivity contribution in [3.63, 3.8) is 0 Å². The van der Waals surface area contributed by atoms with Crippen LogP contribution in [0.5, 0.6) is 0 Å². The van der Waals surface area contributed by atoms with E-state index in [-0.39, 0.29) is 25.0 Å². The molecular weight excluding hydrogens is 889 g/mol. The molecular formula is C54H92N8O6S. The molecule has 15 heteroatoms. The van der Waals surface area contributed by atoms with Gasteiger partial charge in [-0.2, -0.15) is 5.10 Å². The van der Waals surface area contributed by atoms with Gasteiger partial charge in [-0.25, -0.2) is 4.90 Å². The summed E-state index contributed by atoms with van der Waals surface area (Å²) in [5.41, 5.74) is 0.0353. The fourth-order valence-corrected chi connectivity index (χ4v) is 10.3. The van der Waals surface area contributed by atoms with Crippen LogP contribution in [0.2, 0.25) is 0 Å². The lowest BCUT2D eigenvalue weighted by atomic mass is 10.0. The van der Waals surface area contributed by atoms with Gasteiger partial charge in [0.05, 0.1) is 29.6 Å². The molecule has 2 unspecified atom stereocenters. The van der Waals surface area contributed by atoms with Gasteiger partial charge in [0.1, 0.15) is 5.54 Å². The van der Waals surface area contributed by atoms with Gasteiger partial charge in [-0.05, 0) is 37.8 Å². The molecule has 1 aromatic heterocycles. The number of unbranched alkanes of at least 4 members (excludes halogenated alkanes) is 24. The van der Waals surface area contributed by atoms with E-state index in [2.05, 4.69) is 45.3 Å². The zero-order chi connectivity index (χ0) is 49.2. The smallest absolute Gasteiger partial charge is 0.264 e. The van der Waals surface area contributed by atoms with E-state index in [4.69, 9.17) is 9.47 Å². The average Bonchev–Trinajstić information content (AvgIpc) is 4.01. The minimum atomic E-state index is -1.11. The molecule has 0 bridgehead atoms. The molecule has 14 nitrogen and oxygen atoms in total. The molecule has 3 heterocycles. The summed E-state index contributed by atoms with van der Waals surface area (Å²) in [6, 6.07) is 8.03. The second-order valence-corrected chi connectivity index (χ2v) is 20.6. The lowest BCUT2D eigenvalue weighted by Gasteiger charge is -2.29. The highest BCUT2D eigenvalue weighted by atomic mass is 32.1. The lowest BCUT2D eigenvalue weighted by molar-refractivity contribution is -0.152. The van der Waals surface area contributed by atoms with Crippen LogP contribution in [0.15, 0.2) is 34.5 Å². The molecule has 0 aliphatic carbocycles. The fraction of sp³-hybridized carbons (Fsp3) is 0.778. The van der Waals surface area contributed by atoms with Gasteiger partial charge in [0.2, 0.25) is 16.6 Å². The first-order valence-corrected chi connectivity index (χ1v) is 28.3. The van der Waals surface area contributed by atoms with Crippen molar-refractivity contribution in [3.8, 4) is 0 Å². The number of nitrogens with zero attached hydrogens (tertiary/aromatic N) is 4. The van der Waals surface area contributed by atoms with Crippen molar-refractivity contribution in [2.24, 2.45) is 17.3 Å². The zero-order valence-electron chi connectivity index (χ0n) is 43.1. The maximum atomic E-state index is 13.7. The molecule has 1 aromatic carbocycles. The summed E-state index contributed by atoms with van der Waals surface area (Å²) in [5.74, 6) is -0.715. The maximum Gasteiger partial charge on any atom is 0.264 e. The van der Waals surface area contributed by atoms with Crippen LogP contribution in [0.25, 0.3) is 10.2 Å². The molecule has 390 valence electrons. The predicted molar refractivity (Wildman–Crippen MR) is 281 cm³/mol. The van der Waals surface area contributed by atoms with E-state index in [1.165, 1.54) is 153 Å². The number of aryl methyl sites for hydroxylation is 1. The van der Waals surface area contributed by atoms with Crippen molar-refractivity contribution in [2.45, 2.75) is 224 Å². The monoisotopic (exact) mass is 981 g/mol. The number of rotatable bonds is 40. The molecule has 2 fully saturated rings. The third-order valence-corrected chi connectivity index (χ3v) is 14.7. The number of nitrogens with one attached hydrogen (secondary N) is 4. The van der Waals surface area contributed by atoms with E-state index in [9.17, 15) is 19.2 Å². The van der Waals surface area contributed by atoms with E-state index in [1.54, 1.807) is 11.1 Å². The molecule has 4 rings (SSSR count). The molecule has 4 N–H and O–H groups in total. The summed E-state index contributed by atoms with van der Waals surface area (Å²) in [6.45, 7) is 6.23. The van der Waals surface area contributed by atoms with Gasteiger partial charge in [-0.15, -0.1) is 5.10 Å². The highest BCUT2D eigenvalue weighted by Gasteiger charge is 2.59. The van der Waals surface area contributed by atoms with Crippen molar-refractivity contribution in [1.29, 1.82) is 0 Å². The number of thiazole rings is 1. The first kappa shape index (κ1) is 57.9. The molecule has 2 aromatic rings. The number of fused-ring (bicyclic) bond motifs is 2. The van der Waals surface area contributed by atoms with Crippen LogP contribution < -0.4 is 26.1 Å². The quantitative estimate of drug-likeness (QED) is 0.0293. The largest absolute Gasteiger partial charge is 0.356 e. The van der Waals surface area contributed by atoms with Crippen LogP contribution >= 0.6 is 11.3 Å². The molecule has 2 aliphatic rings. The first-order valence-electron chi connectivity index (χ1n) is 27.5.